The van der Waals surface area contributed by atoms with Crippen LogP contribution in [0.2, 0.25) is 0 Å². The van der Waals surface area contributed by atoms with Gasteiger partial charge >= 0.3 is 0 Å². The maximum Gasteiger partial charge on any atom is 0.273 e. The van der Waals surface area contributed by atoms with Crippen molar-refractivity contribution in [3.63, 3.8) is 0 Å². The quantitative estimate of drug-likeness (QED) is 0.586. The first kappa shape index (κ1) is 20.5. The second-order valence-electron chi connectivity index (χ2n) is 7.24. The number of likely N-dealkylation sites (tertiary alicyclic amines) is 1. The normalized spacial score (nSPS) is 18.5. The summed E-state index contributed by atoms with van der Waals surface area (Å²) >= 11 is 0. The molecule has 1 saturated heterocycles. The van der Waals surface area contributed by atoms with Gasteiger partial charge in [0.15, 0.2) is 0 Å². The summed E-state index contributed by atoms with van der Waals surface area (Å²) in [4.78, 5) is 22.4. The van der Waals surface area contributed by atoms with Crippen LogP contribution in [0.15, 0.2) is 24.3 Å². The van der Waals surface area contributed by atoms with Gasteiger partial charge in [-0.05, 0) is 31.9 Å². The average Bonchev–Trinajstić information content (AvgIpc) is 2.64. The molecule has 2 heterocycles. The van der Waals surface area contributed by atoms with Gasteiger partial charge < -0.3 is 16.2 Å². The number of aliphatic hydroxyl groups is 1. The van der Waals surface area contributed by atoms with Gasteiger partial charge in [-0.15, -0.1) is 0 Å². The number of nitrogens with one attached hydrogen (secondary N) is 1. The topological polar surface area (TPSA) is 104 Å². The van der Waals surface area contributed by atoms with Crippen LogP contribution in [0.3, 0.4) is 0 Å². The Morgan fingerprint density at radius 1 is 1.29 bits per heavy atom. The molecule has 28 heavy (non-hydrogen) atoms. The Morgan fingerprint density at radius 2 is 1.93 bits per heavy atom. The number of aromatic nitrogens is 2. The summed E-state index contributed by atoms with van der Waals surface area (Å²) in [5, 5.41) is 12.8. The number of unbranched alkanes of at least 4 members (excludes halogenated alkanes) is 1. The number of aliphatic hydroxyl groups excluding tert-OH is 1. The maximum absolute atomic E-state index is 12.9. The van der Waals surface area contributed by atoms with Crippen molar-refractivity contribution in [2.45, 2.75) is 44.4 Å². The van der Waals surface area contributed by atoms with Crippen LogP contribution < -0.4 is 11.1 Å². The molecule has 0 radical (unpaired) electrons. The number of hydrogen-bond acceptors (Lipinski definition) is 6. The minimum absolute atomic E-state index is 0.289. The number of carbonyl (C=O) groups is 1. The highest BCUT2D eigenvalue weighted by Gasteiger charge is 2.47. The number of para-hydroxylation sites is 2. The van der Waals surface area contributed by atoms with Gasteiger partial charge in [-0.2, -0.15) is 0 Å². The lowest BCUT2D eigenvalue weighted by Crippen LogP contribution is -2.63. The third-order valence-corrected chi connectivity index (χ3v) is 4.84. The molecule has 1 unspecified atom stereocenters. The minimum atomic E-state index is -2.73. The molecule has 2 aromatic rings. The Hall–Kier alpha value is -2.23. The Morgan fingerprint density at radius 3 is 2.57 bits per heavy atom. The van der Waals surface area contributed by atoms with Crippen LogP contribution in [0.1, 0.15) is 35.4 Å². The van der Waals surface area contributed by atoms with E-state index in [1.165, 1.54) is 4.90 Å². The number of nitrogens with zero attached hydrogens (tertiary/aromatic N) is 3. The molecule has 9 heteroatoms. The Bertz CT molecular complexity index is 840. The van der Waals surface area contributed by atoms with E-state index in [0.29, 0.717) is 42.7 Å². The van der Waals surface area contributed by atoms with Crippen molar-refractivity contribution in [1.29, 1.82) is 0 Å². The predicted molar refractivity (Wildman–Crippen MR) is 101 cm³/mol. The third-order valence-electron chi connectivity index (χ3n) is 4.84. The number of fused-ring (bicyclic) bond motifs is 1. The van der Waals surface area contributed by atoms with E-state index >= 15 is 0 Å². The molecule has 1 amide bonds. The highest BCUT2D eigenvalue weighted by Crippen LogP contribution is 2.28. The second-order valence-corrected chi connectivity index (χ2v) is 7.24. The number of halogens is 2. The molecule has 0 aliphatic carbocycles. The molecule has 0 spiro atoms. The van der Waals surface area contributed by atoms with E-state index < -0.39 is 31.3 Å². The monoisotopic (exact) mass is 393 g/mol. The zero-order chi connectivity index (χ0) is 20.3. The number of benzene rings is 1. The summed E-state index contributed by atoms with van der Waals surface area (Å²) in [6.07, 6.45) is 0.728. The fourth-order valence-electron chi connectivity index (χ4n) is 3.25. The number of nitrogens with two attached hydrogens (primary N) is 1. The predicted octanol–water partition coefficient (Wildman–Crippen LogP) is 1.43. The Balaban J connectivity index is 1.40. The van der Waals surface area contributed by atoms with Gasteiger partial charge in [0, 0.05) is 12.6 Å². The zero-order valence-corrected chi connectivity index (χ0v) is 15.7. The summed E-state index contributed by atoms with van der Waals surface area (Å²) in [5.41, 5.74) is 8.14. The second kappa shape index (κ2) is 8.42. The summed E-state index contributed by atoms with van der Waals surface area (Å²) in [5.74, 6) is -3.02. The number of hydrogen-bond donors (Lipinski definition) is 3. The highest BCUT2D eigenvalue weighted by atomic mass is 19.3. The molecule has 2 atom stereocenters. The van der Waals surface area contributed by atoms with Crippen LogP contribution in [-0.4, -0.2) is 63.7 Å². The molecular weight excluding hydrogens is 368 g/mol. The number of amides is 1. The maximum atomic E-state index is 12.9. The third kappa shape index (κ3) is 4.78. The number of aryl methyl sites for hydroxylation is 1. The molecular formula is C19H25F2N5O2. The summed E-state index contributed by atoms with van der Waals surface area (Å²) in [7, 11) is 0. The van der Waals surface area contributed by atoms with Gasteiger partial charge in [-0.1, -0.05) is 18.6 Å². The molecule has 3 rings (SSSR count). The first-order chi connectivity index (χ1) is 13.3. The van der Waals surface area contributed by atoms with Crippen molar-refractivity contribution in [3.8, 4) is 0 Å². The minimum Gasteiger partial charge on any atom is -0.377 e. The number of alkyl halides is 2. The van der Waals surface area contributed by atoms with Crippen molar-refractivity contribution in [3.05, 3.63) is 35.7 Å². The Labute approximate surface area is 161 Å². The largest absolute Gasteiger partial charge is 0.377 e. The van der Waals surface area contributed by atoms with Gasteiger partial charge in [0.2, 0.25) is 0 Å². The fraction of sp³-hybridized carbons (Fsp3) is 0.526. The molecule has 0 saturated carbocycles. The molecule has 4 N–H and O–H groups in total. The van der Waals surface area contributed by atoms with Crippen molar-refractivity contribution in [2.24, 2.45) is 5.73 Å². The lowest BCUT2D eigenvalue weighted by molar-refractivity contribution is -0.188. The molecule has 1 aromatic heterocycles. The molecule has 7 nitrogen and oxygen atoms in total. The van der Waals surface area contributed by atoms with Crippen LogP contribution in [0.25, 0.3) is 11.0 Å². The van der Waals surface area contributed by atoms with Crippen LogP contribution in [0.5, 0.6) is 0 Å². The van der Waals surface area contributed by atoms with Crippen LogP contribution in [-0.2, 0) is 0 Å². The van der Waals surface area contributed by atoms with Crippen LogP contribution in [0.4, 0.5) is 8.78 Å². The average molecular weight is 393 g/mol. The van der Waals surface area contributed by atoms with Gasteiger partial charge in [0.05, 0.1) is 29.8 Å². The molecule has 1 fully saturated rings. The van der Waals surface area contributed by atoms with E-state index in [0.717, 1.165) is 5.52 Å². The van der Waals surface area contributed by atoms with Crippen LogP contribution in [0, 0.1) is 6.92 Å². The molecule has 152 valence electrons. The van der Waals surface area contributed by atoms with Gasteiger partial charge in [-0.25, -0.2) is 18.7 Å². The summed E-state index contributed by atoms with van der Waals surface area (Å²) < 4.78 is 25.7. The molecule has 1 aromatic carbocycles. The SMILES string of the molecule is Cc1nc2ccccc2nc1C(=O)NCCCC[C@H](N)C(O)N1CC(F)(F)C1. The van der Waals surface area contributed by atoms with E-state index in [1.807, 2.05) is 18.2 Å². The van der Waals surface area contributed by atoms with E-state index in [-0.39, 0.29) is 5.91 Å². The molecule has 1 aliphatic rings. The standard InChI is InChI=1S/C19H25F2N5O2/c1-12-16(25-15-8-3-2-7-14(15)24-12)17(27)23-9-5-4-6-13(22)18(28)26-10-19(20,21)11-26/h2-3,7-8,13,18,28H,4-6,9-11,22H2,1H3,(H,23,27)/t13-,18?/m0/s1. The lowest BCUT2D eigenvalue weighted by Gasteiger charge is -2.43. The molecule has 0 bridgehead atoms. The number of rotatable bonds is 8. The van der Waals surface area contributed by atoms with Crippen molar-refractivity contribution < 1.29 is 18.7 Å². The first-order valence-electron chi connectivity index (χ1n) is 9.34. The summed E-state index contributed by atoms with van der Waals surface area (Å²) in [6, 6.07) is 6.76. The smallest absolute Gasteiger partial charge is 0.273 e. The fourth-order valence-corrected chi connectivity index (χ4v) is 3.25. The van der Waals surface area contributed by atoms with E-state index in [2.05, 4.69) is 15.3 Å². The van der Waals surface area contributed by atoms with Crippen molar-refractivity contribution in [1.82, 2.24) is 20.2 Å². The first-order valence-corrected chi connectivity index (χ1v) is 9.34. The highest BCUT2D eigenvalue weighted by molar-refractivity contribution is 5.95. The summed E-state index contributed by atoms with van der Waals surface area (Å²) in [6.45, 7) is 1.26. The molecule has 1 aliphatic heterocycles. The van der Waals surface area contributed by atoms with Gasteiger partial charge in [-0.3, -0.25) is 9.69 Å². The number of carbonyl (C=O) groups excluding carboxylic acids is 1. The Kier molecular flexibility index (Phi) is 6.17. The van der Waals surface area contributed by atoms with Crippen LogP contribution >= 0.6 is 0 Å². The van der Waals surface area contributed by atoms with Crippen molar-refractivity contribution in [2.75, 3.05) is 19.6 Å². The van der Waals surface area contributed by atoms with E-state index in [9.17, 15) is 18.7 Å². The zero-order valence-electron chi connectivity index (χ0n) is 15.7. The van der Waals surface area contributed by atoms with E-state index in [1.54, 1.807) is 13.0 Å². The lowest BCUT2D eigenvalue weighted by atomic mass is 10.0. The van der Waals surface area contributed by atoms with Gasteiger partial charge in [0.25, 0.3) is 11.8 Å². The van der Waals surface area contributed by atoms with Gasteiger partial charge in [0.1, 0.15) is 11.9 Å². The van der Waals surface area contributed by atoms with E-state index in [4.69, 9.17) is 5.73 Å². The van der Waals surface area contributed by atoms with Crippen molar-refractivity contribution >= 4 is 16.9 Å².